The van der Waals surface area contributed by atoms with Crippen LogP contribution >= 0.6 is 0 Å². The molecule has 9 nitrogen and oxygen atoms in total. The summed E-state index contributed by atoms with van der Waals surface area (Å²) in [6, 6.07) is 16.0. The smallest absolute Gasteiger partial charge is 0.181 e. The van der Waals surface area contributed by atoms with E-state index in [9.17, 15) is 5.26 Å². The van der Waals surface area contributed by atoms with Crippen LogP contribution in [0.3, 0.4) is 0 Å². The Balaban J connectivity index is 1.60. The number of nitriles is 1. The number of fused-ring (bicyclic) bond motifs is 2. The van der Waals surface area contributed by atoms with Crippen LogP contribution in [-0.2, 0) is 7.05 Å². The third kappa shape index (κ3) is 3.27. The number of nitrogens with two attached hydrogens (primary N) is 1. The van der Waals surface area contributed by atoms with Crippen molar-refractivity contribution in [1.29, 1.82) is 5.26 Å². The van der Waals surface area contributed by atoms with Crippen LogP contribution in [0.15, 0.2) is 54.9 Å². The standard InChI is InChI=1S/C25H23N9/c1-32-21-9-8-18(13-20(21)30-31-32)23-22(17-6-4-16(14-26)5-7-17)29-25-24(28-10-12-34(23)25)33-11-2-3-19(27)15-33/h4-10,12-13,19H,2-3,11,15,27H2,1H3/t19-/m1/s1. The Labute approximate surface area is 196 Å². The normalized spacial score (nSPS) is 16.3. The summed E-state index contributed by atoms with van der Waals surface area (Å²) >= 11 is 0. The Morgan fingerprint density at radius 3 is 2.74 bits per heavy atom. The topological polar surface area (TPSA) is 114 Å². The van der Waals surface area contributed by atoms with E-state index in [1.807, 2.05) is 55.8 Å². The third-order valence-corrected chi connectivity index (χ3v) is 6.45. The van der Waals surface area contributed by atoms with Crippen LogP contribution in [-0.4, -0.2) is 48.5 Å². The van der Waals surface area contributed by atoms with Gasteiger partial charge < -0.3 is 10.6 Å². The zero-order valence-corrected chi connectivity index (χ0v) is 18.8. The summed E-state index contributed by atoms with van der Waals surface area (Å²) in [5, 5.41) is 17.7. The number of piperidine rings is 1. The maximum absolute atomic E-state index is 9.24. The van der Waals surface area contributed by atoms with Gasteiger partial charge in [0.25, 0.3) is 0 Å². The van der Waals surface area contributed by atoms with Crippen molar-refractivity contribution < 1.29 is 0 Å². The van der Waals surface area contributed by atoms with E-state index in [1.54, 1.807) is 4.68 Å². The predicted octanol–water partition coefficient (Wildman–Crippen LogP) is 3.14. The molecular weight excluding hydrogens is 426 g/mol. The Morgan fingerprint density at radius 1 is 1.12 bits per heavy atom. The average molecular weight is 450 g/mol. The molecule has 1 aliphatic rings. The maximum Gasteiger partial charge on any atom is 0.181 e. The quantitative estimate of drug-likeness (QED) is 0.450. The van der Waals surface area contributed by atoms with Gasteiger partial charge in [0.2, 0.25) is 0 Å². The van der Waals surface area contributed by atoms with E-state index in [4.69, 9.17) is 15.7 Å². The summed E-state index contributed by atoms with van der Waals surface area (Å²) in [6.45, 7) is 1.66. The number of aromatic nitrogens is 6. The van der Waals surface area contributed by atoms with E-state index in [-0.39, 0.29) is 6.04 Å². The number of imidazole rings is 1. The fourth-order valence-corrected chi connectivity index (χ4v) is 4.76. The van der Waals surface area contributed by atoms with E-state index < -0.39 is 0 Å². The van der Waals surface area contributed by atoms with Gasteiger partial charge >= 0.3 is 0 Å². The fraction of sp³-hybridized carbons (Fsp3) is 0.240. The van der Waals surface area contributed by atoms with Crippen molar-refractivity contribution >= 4 is 22.5 Å². The van der Waals surface area contributed by atoms with E-state index >= 15 is 0 Å². The van der Waals surface area contributed by atoms with Gasteiger partial charge in [0, 0.05) is 49.7 Å². The molecular formula is C25H23N9. The second kappa shape index (κ2) is 7.93. The monoisotopic (exact) mass is 449 g/mol. The van der Waals surface area contributed by atoms with Gasteiger partial charge in [0.05, 0.1) is 28.5 Å². The fourth-order valence-electron chi connectivity index (χ4n) is 4.76. The minimum absolute atomic E-state index is 0.127. The van der Waals surface area contributed by atoms with Crippen LogP contribution in [0, 0.1) is 11.3 Å². The number of anilines is 1. The molecule has 0 unspecified atom stereocenters. The Kier molecular flexibility index (Phi) is 4.74. The van der Waals surface area contributed by atoms with Crippen LogP contribution < -0.4 is 10.6 Å². The molecule has 1 saturated heterocycles. The SMILES string of the molecule is Cn1nnc2cc(-c3c(-c4ccc(C#N)cc4)nc4c(N5CCC[C@@H](N)C5)nccn34)ccc21. The molecule has 6 rings (SSSR count). The molecule has 168 valence electrons. The molecule has 2 N–H and O–H groups in total. The van der Waals surface area contributed by atoms with Crippen molar-refractivity contribution in [3.05, 3.63) is 60.4 Å². The van der Waals surface area contributed by atoms with Gasteiger partial charge in [-0.25, -0.2) is 14.6 Å². The number of aryl methyl sites for hydroxylation is 1. The molecule has 0 saturated carbocycles. The minimum Gasteiger partial charge on any atom is -0.352 e. The zero-order valence-electron chi connectivity index (χ0n) is 18.8. The van der Waals surface area contributed by atoms with Gasteiger partial charge in [-0.2, -0.15) is 5.26 Å². The number of hydrogen-bond donors (Lipinski definition) is 1. The molecule has 5 aromatic rings. The molecule has 1 aliphatic heterocycles. The van der Waals surface area contributed by atoms with Crippen LogP contribution in [0.25, 0.3) is 39.2 Å². The van der Waals surface area contributed by atoms with Crippen LogP contribution in [0.4, 0.5) is 5.82 Å². The Bertz CT molecular complexity index is 1560. The Morgan fingerprint density at radius 2 is 1.94 bits per heavy atom. The molecule has 4 heterocycles. The number of benzene rings is 2. The van der Waals surface area contributed by atoms with Gasteiger partial charge in [0.1, 0.15) is 5.52 Å². The first-order valence-corrected chi connectivity index (χ1v) is 11.3. The summed E-state index contributed by atoms with van der Waals surface area (Å²) in [5.74, 6) is 0.833. The summed E-state index contributed by atoms with van der Waals surface area (Å²) in [4.78, 5) is 12.0. The lowest BCUT2D eigenvalue weighted by Crippen LogP contribution is -2.43. The van der Waals surface area contributed by atoms with Crippen molar-refractivity contribution in [2.24, 2.45) is 12.8 Å². The van der Waals surface area contributed by atoms with Gasteiger partial charge in [-0.3, -0.25) is 4.40 Å². The van der Waals surface area contributed by atoms with Crippen molar-refractivity contribution in [2.45, 2.75) is 18.9 Å². The molecule has 1 atom stereocenters. The van der Waals surface area contributed by atoms with Crippen molar-refractivity contribution in [1.82, 2.24) is 29.4 Å². The summed E-state index contributed by atoms with van der Waals surface area (Å²) in [5.41, 5.74) is 13.1. The highest BCUT2D eigenvalue weighted by Gasteiger charge is 2.24. The first kappa shape index (κ1) is 20.3. The lowest BCUT2D eigenvalue weighted by Gasteiger charge is -2.31. The minimum atomic E-state index is 0.127. The van der Waals surface area contributed by atoms with Gasteiger partial charge in [-0.15, -0.1) is 5.10 Å². The van der Waals surface area contributed by atoms with Crippen molar-refractivity contribution in [2.75, 3.05) is 18.0 Å². The van der Waals surface area contributed by atoms with E-state index in [2.05, 4.69) is 31.7 Å². The van der Waals surface area contributed by atoms with E-state index in [0.29, 0.717) is 5.56 Å². The molecule has 0 amide bonds. The molecule has 3 aromatic heterocycles. The highest BCUT2D eigenvalue weighted by Crippen LogP contribution is 2.36. The van der Waals surface area contributed by atoms with Crippen LogP contribution in [0.1, 0.15) is 18.4 Å². The average Bonchev–Trinajstić information content (AvgIpc) is 3.44. The molecule has 0 bridgehead atoms. The number of nitrogens with zero attached hydrogens (tertiary/aromatic N) is 8. The molecule has 0 spiro atoms. The molecule has 0 aliphatic carbocycles. The second-order valence-corrected chi connectivity index (χ2v) is 8.71. The first-order valence-electron chi connectivity index (χ1n) is 11.3. The third-order valence-electron chi connectivity index (χ3n) is 6.45. The molecule has 1 fully saturated rings. The number of hydrogen-bond acceptors (Lipinski definition) is 7. The first-order chi connectivity index (χ1) is 16.6. The van der Waals surface area contributed by atoms with E-state index in [1.165, 1.54) is 0 Å². The number of rotatable bonds is 3. The predicted molar refractivity (Wildman–Crippen MR) is 130 cm³/mol. The lowest BCUT2D eigenvalue weighted by molar-refractivity contribution is 0.503. The maximum atomic E-state index is 9.24. The zero-order chi connectivity index (χ0) is 23.2. The highest BCUT2D eigenvalue weighted by molar-refractivity contribution is 5.88. The molecule has 9 heteroatoms. The van der Waals surface area contributed by atoms with Gasteiger partial charge in [0.15, 0.2) is 11.5 Å². The summed E-state index contributed by atoms with van der Waals surface area (Å²) in [7, 11) is 1.88. The van der Waals surface area contributed by atoms with Gasteiger partial charge in [-0.05, 0) is 37.1 Å². The van der Waals surface area contributed by atoms with Gasteiger partial charge in [-0.1, -0.05) is 23.4 Å². The van der Waals surface area contributed by atoms with E-state index in [0.717, 1.165) is 70.9 Å². The molecule has 2 aromatic carbocycles. The van der Waals surface area contributed by atoms with Crippen molar-refractivity contribution in [3.8, 4) is 28.6 Å². The van der Waals surface area contributed by atoms with Crippen molar-refractivity contribution in [3.63, 3.8) is 0 Å². The summed E-state index contributed by atoms with van der Waals surface area (Å²) < 4.78 is 3.85. The lowest BCUT2D eigenvalue weighted by atomic mass is 10.0. The highest BCUT2D eigenvalue weighted by atomic mass is 15.4. The molecule has 34 heavy (non-hydrogen) atoms. The Hall–Kier alpha value is -4.29. The van der Waals surface area contributed by atoms with Crippen LogP contribution in [0.2, 0.25) is 0 Å². The summed E-state index contributed by atoms with van der Waals surface area (Å²) in [6.07, 6.45) is 5.81. The molecule has 0 radical (unpaired) electrons. The largest absolute Gasteiger partial charge is 0.352 e. The second-order valence-electron chi connectivity index (χ2n) is 8.71. The van der Waals surface area contributed by atoms with Crippen LogP contribution in [0.5, 0.6) is 0 Å².